The summed E-state index contributed by atoms with van der Waals surface area (Å²) in [6, 6.07) is 5.63. The van der Waals surface area contributed by atoms with E-state index in [9.17, 15) is 4.79 Å². The van der Waals surface area contributed by atoms with E-state index in [0.29, 0.717) is 10.0 Å². The SMILES string of the molecule is COc1ccc(Nc2nc(C(=O)O)c(C)s2)c(C)c1. The molecule has 0 atom stereocenters. The number of anilines is 2. The van der Waals surface area contributed by atoms with Gasteiger partial charge in [-0.05, 0) is 37.6 Å². The van der Waals surface area contributed by atoms with Gasteiger partial charge in [-0.25, -0.2) is 9.78 Å². The minimum atomic E-state index is -1.01. The van der Waals surface area contributed by atoms with E-state index in [1.807, 2.05) is 25.1 Å². The van der Waals surface area contributed by atoms with Crippen LogP contribution in [0.3, 0.4) is 0 Å². The molecule has 1 aromatic carbocycles. The number of thiazole rings is 1. The van der Waals surface area contributed by atoms with Crippen LogP contribution in [0.25, 0.3) is 0 Å². The lowest BCUT2D eigenvalue weighted by molar-refractivity contribution is 0.0690. The first-order chi connectivity index (χ1) is 9.01. The fourth-order valence-electron chi connectivity index (χ4n) is 1.67. The number of ether oxygens (including phenoxy) is 1. The maximum atomic E-state index is 10.9. The van der Waals surface area contributed by atoms with E-state index < -0.39 is 5.97 Å². The molecule has 0 spiro atoms. The molecule has 0 aliphatic carbocycles. The van der Waals surface area contributed by atoms with Gasteiger partial charge in [-0.15, -0.1) is 11.3 Å². The Hall–Kier alpha value is -2.08. The van der Waals surface area contributed by atoms with Crippen molar-refractivity contribution in [3.8, 4) is 5.75 Å². The van der Waals surface area contributed by atoms with Crippen LogP contribution in [-0.2, 0) is 0 Å². The van der Waals surface area contributed by atoms with E-state index in [1.165, 1.54) is 11.3 Å². The Morgan fingerprint density at radius 2 is 2.16 bits per heavy atom. The van der Waals surface area contributed by atoms with Gasteiger partial charge in [-0.3, -0.25) is 0 Å². The van der Waals surface area contributed by atoms with Crippen LogP contribution in [0.2, 0.25) is 0 Å². The lowest BCUT2D eigenvalue weighted by Crippen LogP contribution is -1.99. The van der Waals surface area contributed by atoms with Crippen molar-refractivity contribution in [2.75, 3.05) is 12.4 Å². The summed E-state index contributed by atoms with van der Waals surface area (Å²) in [4.78, 5) is 15.7. The highest BCUT2D eigenvalue weighted by Gasteiger charge is 2.14. The first kappa shape index (κ1) is 13.4. The zero-order valence-electron chi connectivity index (χ0n) is 10.9. The monoisotopic (exact) mass is 278 g/mol. The number of carbonyl (C=O) groups is 1. The van der Waals surface area contributed by atoms with Crippen molar-refractivity contribution >= 4 is 28.1 Å². The number of methoxy groups -OCH3 is 1. The molecule has 0 saturated carbocycles. The summed E-state index contributed by atoms with van der Waals surface area (Å²) in [5.41, 5.74) is 1.98. The molecule has 19 heavy (non-hydrogen) atoms. The summed E-state index contributed by atoms with van der Waals surface area (Å²) in [5, 5.41) is 12.7. The van der Waals surface area contributed by atoms with Crippen molar-refractivity contribution in [1.29, 1.82) is 0 Å². The van der Waals surface area contributed by atoms with Crippen LogP contribution in [0.4, 0.5) is 10.8 Å². The Morgan fingerprint density at radius 3 is 2.68 bits per heavy atom. The van der Waals surface area contributed by atoms with E-state index in [0.717, 1.165) is 17.0 Å². The lowest BCUT2D eigenvalue weighted by atomic mass is 10.2. The summed E-state index contributed by atoms with van der Waals surface area (Å²) >= 11 is 1.32. The number of nitrogens with zero attached hydrogens (tertiary/aromatic N) is 1. The second-order valence-corrected chi connectivity index (χ2v) is 5.24. The number of carboxylic acids is 1. The predicted octanol–water partition coefficient (Wildman–Crippen LogP) is 3.21. The Labute approximate surface area is 114 Å². The summed E-state index contributed by atoms with van der Waals surface area (Å²) in [6.45, 7) is 3.69. The number of hydrogen-bond donors (Lipinski definition) is 2. The van der Waals surface area contributed by atoms with Gasteiger partial charge in [0.2, 0.25) is 0 Å². The highest BCUT2D eigenvalue weighted by Crippen LogP contribution is 2.28. The molecule has 1 aromatic heterocycles. The van der Waals surface area contributed by atoms with Crippen LogP contribution in [0.15, 0.2) is 18.2 Å². The second-order valence-electron chi connectivity index (χ2n) is 4.03. The molecule has 2 rings (SSSR count). The molecule has 0 aliphatic heterocycles. The first-order valence-corrected chi connectivity index (χ1v) is 6.45. The van der Waals surface area contributed by atoms with Crippen LogP contribution >= 0.6 is 11.3 Å². The normalized spacial score (nSPS) is 10.3. The number of aromatic carboxylic acids is 1. The lowest BCUT2D eigenvalue weighted by Gasteiger charge is -2.08. The van der Waals surface area contributed by atoms with E-state index in [4.69, 9.17) is 9.84 Å². The zero-order chi connectivity index (χ0) is 14.0. The van der Waals surface area contributed by atoms with Crippen molar-refractivity contribution in [2.45, 2.75) is 13.8 Å². The van der Waals surface area contributed by atoms with Gasteiger partial charge in [0.15, 0.2) is 10.8 Å². The minimum absolute atomic E-state index is 0.0960. The number of aryl methyl sites for hydroxylation is 2. The van der Waals surface area contributed by atoms with E-state index in [-0.39, 0.29) is 5.69 Å². The van der Waals surface area contributed by atoms with Gasteiger partial charge >= 0.3 is 5.97 Å². The van der Waals surface area contributed by atoms with Gasteiger partial charge in [0.05, 0.1) is 7.11 Å². The van der Waals surface area contributed by atoms with Crippen molar-refractivity contribution in [3.05, 3.63) is 34.3 Å². The van der Waals surface area contributed by atoms with Gasteiger partial charge in [0.1, 0.15) is 5.75 Å². The maximum absolute atomic E-state index is 10.9. The number of rotatable bonds is 4. The summed E-state index contributed by atoms with van der Waals surface area (Å²) in [5.74, 6) is -0.224. The highest BCUT2D eigenvalue weighted by atomic mass is 32.1. The van der Waals surface area contributed by atoms with Gasteiger partial charge in [-0.1, -0.05) is 0 Å². The molecule has 1 heterocycles. The number of carboxylic acid groups (broad SMARTS) is 1. The average Bonchev–Trinajstić information content (AvgIpc) is 2.73. The third kappa shape index (κ3) is 2.85. The Balaban J connectivity index is 2.26. The molecular weight excluding hydrogens is 264 g/mol. The van der Waals surface area contributed by atoms with E-state index in [1.54, 1.807) is 14.0 Å². The van der Waals surface area contributed by atoms with Crippen molar-refractivity contribution in [2.24, 2.45) is 0 Å². The fourth-order valence-corrected chi connectivity index (χ4v) is 2.48. The minimum Gasteiger partial charge on any atom is -0.497 e. The predicted molar refractivity (Wildman–Crippen MR) is 74.8 cm³/mol. The summed E-state index contributed by atoms with van der Waals surface area (Å²) in [6.07, 6.45) is 0. The van der Waals surface area contributed by atoms with Crippen LogP contribution < -0.4 is 10.1 Å². The Kier molecular flexibility index (Phi) is 3.71. The highest BCUT2D eigenvalue weighted by molar-refractivity contribution is 7.15. The molecule has 0 saturated heterocycles. The molecular formula is C13H14N2O3S. The molecule has 2 N–H and O–H groups in total. The van der Waals surface area contributed by atoms with Crippen molar-refractivity contribution < 1.29 is 14.6 Å². The maximum Gasteiger partial charge on any atom is 0.355 e. The van der Waals surface area contributed by atoms with Crippen LogP contribution in [-0.4, -0.2) is 23.2 Å². The molecule has 2 aromatic rings. The van der Waals surface area contributed by atoms with E-state index in [2.05, 4.69) is 10.3 Å². The number of hydrogen-bond acceptors (Lipinski definition) is 5. The zero-order valence-corrected chi connectivity index (χ0v) is 11.7. The smallest absolute Gasteiger partial charge is 0.355 e. The first-order valence-electron chi connectivity index (χ1n) is 5.63. The Morgan fingerprint density at radius 1 is 1.42 bits per heavy atom. The van der Waals surface area contributed by atoms with Crippen molar-refractivity contribution in [1.82, 2.24) is 4.98 Å². The molecule has 100 valence electrons. The van der Waals surface area contributed by atoms with Gasteiger partial charge in [0, 0.05) is 10.6 Å². The average molecular weight is 278 g/mol. The third-order valence-corrected chi connectivity index (χ3v) is 3.56. The molecule has 0 fully saturated rings. The largest absolute Gasteiger partial charge is 0.497 e. The van der Waals surface area contributed by atoms with Crippen LogP contribution in [0, 0.1) is 13.8 Å². The second kappa shape index (κ2) is 5.27. The molecule has 0 radical (unpaired) electrons. The molecule has 5 nitrogen and oxygen atoms in total. The molecule has 6 heteroatoms. The van der Waals surface area contributed by atoms with Crippen molar-refractivity contribution in [3.63, 3.8) is 0 Å². The summed E-state index contributed by atoms with van der Waals surface area (Å²) in [7, 11) is 1.62. The summed E-state index contributed by atoms with van der Waals surface area (Å²) < 4.78 is 5.14. The molecule has 0 unspecified atom stereocenters. The van der Waals surface area contributed by atoms with Gasteiger partial charge < -0.3 is 15.2 Å². The Bertz CT molecular complexity index is 622. The van der Waals surface area contributed by atoms with Crippen LogP contribution in [0.5, 0.6) is 5.75 Å². The molecule has 0 amide bonds. The number of benzene rings is 1. The number of aromatic nitrogens is 1. The van der Waals surface area contributed by atoms with E-state index >= 15 is 0 Å². The van der Waals surface area contributed by atoms with Crippen LogP contribution in [0.1, 0.15) is 20.9 Å². The standard InChI is InChI=1S/C13H14N2O3S/c1-7-6-9(18-3)4-5-10(7)14-13-15-11(12(16)17)8(2)19-13/h4-6H,1-3H3,(H,14,15)(H,16,17). The fraction of sp³-hybridized carbons (Fsp3) is 0.231. The van der Waals surface area contributed by atoms with Gasteiger partial charge in [0.25, 0.3) is 0 Å². The molecule has 0 bridgehead atoms. The van der Waals surface area contributed by atoms with Gasteiger partial charge in [-0.2, -0.15) is 0 Å². The topological polar surface area (TPSA) is 71.5 Å². The third-order valence-electron chi connectivity index (χ3n) is 2.67. The number of nitrogens with one attached hydrogen (secondary N) is 1. The molecule has 0 aliphatic rings. The quantitative estimate of drug-likeness (QED) is 0.898.